The van der Waals surface area contributed by atoms with E-state index in [4.69, 9.17) is 5.73 Å². The lowest BCUT2D eigenvalue weighted by Gasteiger charge is -2.29. The molecule has 0 radical (unpaired) electrons. The molecule has 1 aliphatic heterocycles. The summed E-state index contributed by atoms with van der Waals surface area (Å²) in [6.45, 7) is 3.08. The van der Waals surface area contributed by atoms with Crippen molar-refractivity contribution in [1.29, 1.82) is 0 Å². The first-order valence-electron chi connectivity index (χ1n) is 6.55. The van der Waals surface area contributed by atoms with Gasteiger partial charge in [-0.1, -0.05) is 40.2 Å². The summed E-state index contributed by atoms with van der Waals surface area (Å²) in [4.78, 5) is 2.47. The molecule has 0 atom stereocenters. The zero-order chi connectivity index (χ0) is 13.2. The first-order chi connectivity index (χ1) is 9.22. The zero-order valence-electron chi connectivity index (χ0n) is 10.8. The van der Waals surface area contributed by atoms with Gasteiger partial charge in [-0.25, -0.2) is 0 Å². The summed E-state index contributed by atoms with van der Waals surface area (Å²) in [6, 6.07) is 14.7. The van der Waals surface area contributed by atoms with Crippen molar-refractivity contribution in [2.75, 3.05) is 12.3 Å². The van der Waals surface area contributed by atoms with E-state index in [0.29, 0.717) is 0 Å². The van der Waals surface area contributed by atoms with Gasteiger partial charge in [-0.3, -0.25) is 4.90 Å². The Morgan fingerprint density at radius 2 is 1.95 bits per heavy atom. The molecular formula is C16H17BrN2. The van der Waals surface area contributed by atoms with E-state index >= 15 is 0 Å². The molecule has 19 heavy (non-hydrogen) atoms. The fourth-order valence-electron chi connectivity index (χ4n) is 2.64. The standard InChI is InChI=1S/C16H17BrN2/c17-16-4-2-1-3-13(16)10-19-8-7-12-5-6-15(18)9-14(12)11-19/h1-6,9H,7-8,10-11,18H2. The molecule has 3 rings (SSSR count). The van der Waals surface area contributed by atoms with E-state index in [-0.39, 0.29) is 0 Å². The monoisotopic (exact) mass is 316 g/mol. The highest BCUT2D eigenvalue weighted by Gasteiger charge is 2.17. The van der Waals surface area contributed by atoms with Crippen LogP contribution in [0.25, 0.3) is 0 Å². The van der Waals surface area contributed by atoms with Crippen molar-refractivity contribution in [1.82, 2.24) is 4.90 Å². The third kappa shape index (κ3) is 2.82. The second-order valence-corrected chi connectivity index (χ2v) is 5.93. The number of nitrogens with zero attached hydrogens (tertiary/aromatic N) is 1. The summed E-state index contributed by atoms with van der Waals surface area (Å²) < 4.78 is 1.19. The Labute approximate surface area is 122 Å². The Balaban J connectivity index is 1.77. The molecule has 0 aromatic heterocycles. The number of benzene rings is 2. The lowest BCUT2D eigenvalue weighted by molar-refractivity contribution is 0.245. The largest absolute Gasteiger partial charge is 0.399 e. The van der Waals surface area contributed by atoms with Crippen LogP contribution in [0.5, 0.6) is 0 Å². The molecule has 0 saturated carbocycles. The molecule has 0 fully saturated rings. The first-order valence-corrected chi connectivity index (χ1v) is 7.35. The van der Waals surface area contributed by atoms with Crippen LogP contribution in [0.2, 0.25) is 0 Å². The van der Waals surface area contributed by atoms with Gasteiger partial charge < -0.3 is 5.73 Å². The van der Waals surface area contributed by atoms with Crippen LogP contribution in [0.3, 0.4) is 0 Å². The van der Waals surface area contributed by atoms with Crippen LogP contribution >= 0.6 is 15.9 Å². The minimum Gasteiger partial charge on any atom is -0.399 e. The van der Waals surface area contributed by atoms with Crippen molar-refractivity contribution < 1.29 is 0 Å². The highest BCUT2D eigenvalue weighted by atomic mass is 79.9. The van der Waals surface area contributed by atoms with E-state index in [1.807, 2.05) is 6.07 Å². The fourth-order valence-corrected chi connectivity index (χ4v) is 3.05. The fraction of sp³-hybridized carbons (Fsp3) is 0.250. The second-order valence-electron chi connectivity index (χ2n) is 5.08. The normalized spacial score (nSPS) is 15.2. The Hall–Kier alpha value is -1.32. The molecule has 3 heteroatoms. The van der Waals surface area contributed by atoms with E-state index in [0.717, 1.165) is 31.7 Å². The average molecular weight is 317 g/mol. The lowest BCUT2D eigenvalue weighted by Crippen LogP contribution is -2.30. The molecule has 0 saturated heterocycles. The van der Waals surface area contributed by atoms with Crippen molar-refractivity contribution in [2.24, 2.45) is 0 Å². The van der Waals surface area contributed by atoms with E-state index in [1.165, 1.54) is 21.2 Å². The highest BCUT2D eigenvalue weighted by molar-refractivity contribution is 9.10. The predicted molar refractivity (Wildman–Crippen MR) is 82.8 cm³/mol. The molecule has 2 aromatic rings. The Morgan fingerprint density at radius 1 is 1.11 bits per heavy atom. The molecule has 2 nitrogen and oxygen atoms in total. The zero-order valence-corrected chi connectivity index (χ0v) is 12.4. The van der Waals surface area contributed by atoms with E-state index in [2.05, 4.69) is 57.2 Å². The van der Waals surface area contributed by atoms with Crippen molar-refractivity contribution in [3.8, 4) is 0 Å². The van der Waals surface area contributed by atoms with Gasteiger partial charge in [0, 0.05) is 29.8 Å². The maximum Gasteiger partial charge on any atom is 0.0317 e. The number of halogens is 1. The SMILES string of the molecule is Nc1ccc2c(c1)CN(Cc1ccccc1Br)CC2. The third-order valence-electron chi connectivity index (χ3n) is 3.67. The van der Waals surface area contributed by atoms with Crippen LogP contribution < -0.4 is 5.73 Å². The quantitative estimate of drug-likeness (QED) is 0.858. The molecule has 1 heterocycles. The van der Waals surface area contributed by atoms with Gasteiger partial charge in [0.15, 0.2) is 0 Å². The first kappa shape index (κ1) is 12.7. The molecule has 0 aliphatic carbocycles. The number of hydrogen-bond acceptors (Lipinski definition) is 2. The Morgan fingerprint density at radius 3 is 2.79 bits per heavy atom. The van der Waals surface area contributed by atoms with Gasteiger partial charge in [0.1, 0.15) is 0 Å². The maximum absolute atomic E-state index is 5.88. The molecule has 2 aromatic carbocycles. The number of fused-ring (bicyclic) bond motifs is 1. The summed E-state index contributed by atoms with van der Waals surface area (Å²) in [6.07, 6.45) is 1.11. The number of anilines is 1. The second kappa shape index (κ2) is 5.35. The van der Waals surface area contributed by atoms with Gasteiger partial charge in [0.2, 0.25) is 0 Å². The number of rotatable bonds is 2. The van der Waals surface area contributed by atoms with Crippen LogP contribution in [-0.2, 0) is 19.5 Å². The predicted octanol–water partition coefficient (Wildman–Crippen LogP) is 3.59. The van der Waals surface area contributed by atoms with Crippen molar-refractivity contribution in [3.63, 3.8) is 0 Å². The van der Waals surface area contributed by atoms with Crippen molar-refractivity contribution in [2.45, 2.75) is 19.5 Å². The van der Waals surface area contributed by atoms with Crippen LogP contribution in [0.15, 0.2) is 46.9 Å². The van der Waals surface area contributed by atoms with Gasteiger partial charge in [-0.15, -0.1) is 0 Å². The topological polar surface area (TPSA) is 29.3 Å². The van der Waals surface area contributed by atoms with E-state index in [1.54, 1.807) is 0 Å². The summed E-state index contributed by atoms with van der Waals surface area (Å²) in [5.74, 6) is 0. The average Bonchev–Trinajstić information content (AvgIpc) is 2.41. The van der Waals surface area contributed by atoms with Crippen LogP contribution in [0.1, 0.15) is 16.7 Å². The summed E-state index contributed by atoms with van der Waals surface area (Å²) in [7, 11) is 0. The Kier molecular flexibility index (Phi) is 3.58. The van der Waals surface area contributed by atoms with Crippen molar-refractivity contribution >= 4 is 21.6 Å². The van der Waals surface area contributed by atoms with Gasteiger partial charge in [-0.05, 0) is 41.3 Å². The van der Waals surface area contributed by atoms with Crippen molar-refractivity contribution in [3.05, 3.63) is 63.6 Å². The Bertz CT molecular complexity index is 595. The van der Waals surface area contributed by atoms with Crippen LogP contribution in [-0.4, -0.2) is 11.4 Å². The van der Waals surface area contributed by atoms with E-state index < -0.39 is 0 Å². The van der Waals surface area contributed by atoms with Gasteiger partial charge in [-0.2, -0.15) is 0 Å². The highest BCUT2D eigenvalue weighted by Crippen LogP contribution is 2.24. The molecule has 0 spiro atoms. The molecule has 0 bridgehead atoms. The lowest BCUT2D eigenvalue weighted by atomic mass is 9.99. The molecule has 0 amide bonds. The van der Waals surface area contributed by atoms with Gasteiger partial charge in [0.25, 0.3) is 0 Å². The molecule has 1 aliphatic rings. The summed E-state index contributed by atoms with van der Waals surface area (Å²) >= 11 is 3.62. The van der Waals surface area contributed by atoms with Crippen LogP contribution in [0, 0.1) is 0 Å². The smallest absolute Gasteiger partial charge is 0.0317 e. The molecular weight excluding hydrogens is 300 g/mol. The number of nitrogen functional groups attached to an aromatic ring is 1. The molecule has 98 valence electrons. The maximum atomic E-state index is 5.88. The molecule has 2 N–H and O–H groups in total. The number of hydrogen-bond donors (Lipinski definition) is 1. The molecule has 0 unspecified atom stereocenters. The number of nitrogens with two attached hydrogens (primary N) is 1. The summed E-state index contributed by atoms with van der Waals surface area (Å²) in [5.41, 5.74) is 10.9. The van der Waals surface area contributed by atoms with Gasteiger partial charge in [0.05, 0.1) is 0 Å². The van der Waals surface area contributed by atoms with Crippen LogP contribution in [0.4, 0.5) is 5.69 Å². The van der Waals surface area contributed by atoms with E-state index in [9.17, 15) is 0 Å². The minimum atomic E-state index is 0.862. The summed E-state index contributed by atoms with van der Waals surface area (Å²) in [5, 5.41) is 0. The minimum absolute atomic E-state index is 0.862. The van der Waals surface area contributed by atoms with Gasteiger partial charge >= 0.3 is 0 Å². The third-order valence-corrected chi connectivity index (χ3v) is 4.45.